The first-order valence-electron chi connectivity index (χ1n) is 4.20. The average molecular weight is 192 g/mol. The highest BCUT2D eigenvalue weighted by molar-refractivity contribution is 6.34. The van der Waals surface area contributed by atoms with Crippen LogP contribution in [-0.2, 0) is 0 Å². The van der Waals surface area contributed by atoms with Crippen molar-refractivity contribution < 1.29 is 0 Å². The smallest absolute Gasteiger partial charge is 0.137 e. The largest absolute Gasteiger partial charge is 0.244 e. The molecule has 0 spiro atoms. The summed E-state index contributed by atoms with van der Waals surface area (Å²) < 4.78 is 0. The number of rotatable bonds is 0. The van der Waals surface area contributed by atoms with Gasteiger partial charge in [-0.1, -0.05) is 29.3 Å². The van der Waals surface area contributed by atoms with Crippen molar-refractivity contribution in [1.29, 1.82) is 0 Å². The Hall–Kier alpha value is -1.08. The zero-order valence-electron chi connectivity index (χ0n) is 7.63. The zero-order valence-corrected chi connectivity index (χ0v) is 8.39. The first-order valence-corrected chi connectivity index (χ1v) is 4.58. The number of halogens is 1. The fourth-order valence-electron chi connectivity index (χ4n) is 1.66. The van der Waals surface area contributed by atoms with Crippen LogP contribution in [0.5, 0.6) is 0 Å². The molecule has 0 saturated heterocycles. The van der Waals surface area contributed by atoms with Crippen LogP contribution in [0, 0.1) is 13.8 Å². The second-order valence-electron chi connectivity index (χ2n) is 3.28. The molecule has 0 aliphatic heterocycles. The lowest BCUT2D eigenvalue weighted by Crippen LogP contribution is -1.84. The molecule has 0 bridgehead atoms. The fraction of sp³-hybridized carbons (Fsp3) is 0.182. The molecule has 1 aromatic carbocycles. The van der Waals surface area contributed by atoms with E-state index in [2.05, 4.69) is 31.0 Å². The number of hydrogen-bond acceptors (Lipinski definition) is 1. The van der Waals surface area contributed by atoms with Crippen molar-refractivity contribution in [3.8, 4) is 0 Å². The zero-order chi connectivity index (χ0) is 9.42. The van der Waals surface area contributed by atoms with E-state index in [1.54, 1.807) is 6.20 Å². The molecule has 0 atom stereocenters. The SMILES string of the molecule is Cc1cc(C)c2c(Cl)nccc2c1. The Bertz CT molecular complexity index is 463. The minimum atomic E-state index is 0.593. The van der Waals surface area contributed by atoms with Crippen LogP contribution in [0.3, 0.4) is 0 Å². The molecule has 1 heterocycles. The molecule has 1 nitrogen and oxygen atoms in total. The van der Waals surface area contributed by atoms with E-state index in [4.69, 9.17) is 11.6 Å². The van der Waals surface area contributed by atoms with E-state index in [1.165, 1.54) is 11.1 Å². The molecule has 1 aromatic heterocycles. The van der Waals surface area contributed by atoms with Crippen LogP contribution < -0.4 is 0 Å². The summed E-state index contributed by atoms with van der Waals surface area (Å²) >= 11 is 6.00. The number of pyridine rings is 1. The molecule has 0 radical (unpaired) electrons. The number of fused-ring (bicyclic) bond motifs is 1. The Morgan fingerprint density at radius 3 is 2.77 bits per heavy atom. The van der Waals surface area contributed by atoms with E-state index < -0.39 is 0 Å². The van der Waals surface area contributed by atoms with Crippen LogP contribution >= 0.6 is 11.6 Å². The summed E-state index contributed by atoms with van der Waals surface area (Å²) in [5.74, 6) is 0. The molecule has 0 aliphatic carbocycles. The topological polar surface area (TPSA) is 12.9 Å². The van der Waals surface area contributed by atoms with Crippen molar-refractivity contribution in [2.24, 2.45) is 0 Å². The van der Waals surface area contributed by atoms with Gasteiger partial charge in [0.15, 0.2) is 0 Å². The summed E-state index contributed by atoms with van der Waals surface area (Å²) in [5.41, 5.74) is 2.44. The minimum absolute atomic E-state index is 0.593. The molecular formula is C11H10ClN. The van der Waals surface area contributed by atoms with Gasteiger partial charge in [-0.2, -0.15) is 0 Å². The molecule has 2 heteroatoms. The van der Waals surface area contributed by atoms with Crippen LogP contribution in [0.25, 0.3) is 10.8 Å². The van der Waals surface area contributed by atoms with Gasteiger partial charge in [0.1, 0.15) is 5.15 Å². The Morgan fingerprint density at radius 1 is 1.23 bits per heavy atom. The third-order valence-corrected chi connectivity index (χ3v) is 2.45. The first-order chi connectivity index (χ1) is 6.18. The number of hydrogen-bond donors (Lipinski definition) is 0. The highest BCUT2D eigenvalue weighted by Crippen LogP contribution is 2.25. The molecule has 66 valence electrons. The summed E-state index contributed by atoms with van der Waals surface area (Å²) in [7, 11) is 0. The van der Waals surface area contributed by atoms with E-state index in [0.717, 1.165) is 10.8 Å². The van der Waals surface area contributed by atoms with Gasteiger partial charge in [-0.05, 0) is 30.9 Å². The first kappa shape index (κ1) is 8.52. The van der Waals surface area contributed by atoms with Gasteiger partial charge in [0.05, 0.1) is 0 Å². The van der Waals surface area contributed by atoms with Crippen molar-refractivity contribution in [2.45, 2.75) is 13.8 Å². The molecule has 13 heavy (non-hydrogen) atoms. The summed E-state index contributed by atoms with van der Waals surface area (Å²) in [6.45, 7) is 4.14. The van der Waals surface area contributed by atoms with Crippen LogP contribution in [0.2, 0.25) is 5.15 Å². The van der Waals surface area contributed by atoms with Crippen LogP contribution in [0.4, 0.5) is 0 Å². The second kappa shape index (κ2) is 3.00. The maximum Gasteiger partial charge on any atom is 0.137 e. The van der Waals surface area contributed by atoms with Gasteiger partial charge < -0.3 is 0 Å². The fourth-order valence-corrected chi connectivity index (χ4v) is 1.98. The van der Waals surface area contributed by atoms with E-state index in [1.807, 2.05) is 6.07 Å². The Labute approximate surface area is 82.4 Å². The maximum absolute atomic E-state index is 6.00. The van der Waals surface area contributed by atoms with E-state index >= 15 is 0 Å². The maximum atomic E-state index is 6.00. The van der Waals surface area contributed by atoms with Gasteiger partial charge in [-0.15, -0.1) is 0 Å². The standard InChI is InChI=1S/C11H10ClN/c1-7-5-8(2)10-9(6-7)3-4-13-11(10)12/h3-6H,1-2H3. The van der Waals surface area contributed by atoms with E-state index in [-0.39, 0.29) is 0 Å². The molecule has 0 saturated carbocycles. The summed E-state index contributed by atoms with van der Waals surface area (Å²) in [6.07, 6.45) is 1.74. The number of benzene rings is 1. The van der Waals surface area contributed by atoms with Gasteiger partial charge in [-0.25, -0.2) is 4.98 Å². The lowest BCUT2D eigenvalue weighted by Gasteiger charge is -2.04. The lowest BCUT2D eigenvalue weighted by atomic mass is 10.0. The van der Waals surface area contributed by atoms with Gasteiger partial charge in [0.25, 0.3) is 0 Å². The third kappa shape index (κ3) is 1.40. The molecule has 0 unspecified atom stereocenters. The predicted octanol–water partition coefficient (Wildman–Crippen LogP) is 3.51. The van der Waals surface area contributed by atoms with Crippen molar-refractivity contribution in [2.75, 3.05) is 0 Å². The van der Waals surface area contributed by atoms with Crippen molar-refractivity contribution in [3.63, 3.8) is 0 Å². The highest BCUT2D eigenvalue weighted by atomic mass is 35.5. The van der Waals surface area contributed by atoms with Crippen molar-refractivity contribution in [3.05, 3.63) is 40.7 Å². The highest BCUT2D eigenvalue weighted by Gasteiger charge is 2.02. The Balaban J connectivity index is 2.94. The normalized spacial score (nSPS) is 10.7. The van der Waals surface area contributed by atoms with Crippen molar-refractivity contribution in [1.82, 2.24) is 4.98 Å². The average Bonchev–Trinajstić information content (AvgIpc) is 2.02. The van der Waals surface area contributed by atoms with Gasteiger partial charge >= 0.3 is 0 Å². The van der Waals surface area contributed by atoms with Crippen LogP contribution in [0.1, 0.15) is 11.1 Å². The minimum Gasteiger partial charge on any atom is -0.244 e. The molecule has 2 aromatic rings. The van der Waals surface area contributed by atoms with Gasteiger partial charge in [-0.3, -0.25) is 0 Å². The quantitative estimate of drug-likeness (QED) is 0.581. The molecule has 0 fully saturated rings. The summed E-state index contributed by atoms with van der Waals surface area (Å²) in [6, 6.07) is 6.23. The third-order valence-electron chi connectivity index (χ3n) is 2.16. The number of nitrogens with zero attached hydrogens (tertiary/aromatic N) is 1. The predicted molar refractivity (Wildman–Crippen MR) is 56.2 cm³/mol. The number of aryl methyl sites for hydroxylation is 2. The number of aromatic nitrogens is 1. The summed E-state index contributed by atoms with van der Waals surface area (Å²) in [5, 5.41) is 2.82. The van der Waals surface area contributed by atoms with Gasteiger partial charge in [0.2, 0.25) is 0 Å². The van der Waals surface area contributed by atoms with Crippen LogP contribution in [0.15, 0.2) is 24.4 Å². The molecule has 0 N–H and O–H groups in total. The van der Waals surface area contributed by atoms with Gasteiger partial charge in [0, 0.05) is 11.6 Å². The van der Waals surface area contributed by atoms with E-state index in [9.17, 15) is 0 Å². The summed E-state index contributed by atoms with van der Waals surface area (Å²) in [4.78, 5) is 4.06. The van der Waals surface area contributed by atoms with Crippen LogP contribution in [-0.4, -0.2) is 4.98 Å². The molecule has 0 amide bonds. The van der Waals surface area contributed by atoms with Crippen molar-refractivity contribution >= 4 is 22.4 Å². The molecule has 0 aliphatic rings. The monoisotopic (exact) mass is 191 g/mol. The van der Waals surface area contributed by atoms with E-state index in [0.29, 0.717) is 5.15 Å². The lowest BCUT2D eigenvalue weighted by molar-refractivity contribution is 1.34. The Morgan fingerprint density at radius 2 is 2.00 bits per heavy atom. The molecule has 2 rings (SSSR count). The molecular weight excluding hydrogens is 182 g/mol. The Kier molecular flexibility index (Phi) is 1.97. The second-order valence-corrected chi connectivity index (χ2v) is 3.64.